The lowest BCUT2D eigenvalue weighted by Gasteiger charge is -2.09. The molecular weight excluding hydrogens is 282 g/mol. The molecule has 0 fully saturated rings. The second-order valence-corrected chi connectivity index (χ2v) is 4.55. The zero-order valence-corrected chi connectivity index (χ0v) is 11.2. The highest BCUT2D eigenvalue weighted by Crippen LogP contribution is 2.22. The quantitative estimate of drug-likeness (QED) is 0.919. The van der Waals surface area contributed by atoms with Crippen molar-refractivity contribution in [3.05, 3.63) is 52.4 Å². The van der Waals surface area contributed by atoms with Crippen LogP contribution in [0, 0.1) is 0 Å². The number of ether oxygens (including phenoxy) is 1. The van der Waals surface area contributed by atoms with E-state index in [4.69, 9.17) is 9.15 Å². The molecule has 0 saturated heterocycles. The van der Waals surface area contributed by atoms with Crippen LogP contribution in [0.15, 0.2) is 45.5 Å². The van der Waals surface area contributed by atoms with Crippen LogP contribution >= 0.6 is 15.9 Å². The van der Waals surface area contributed by atoms with Gasteiger partial charge in [-0.15, -0.1) is 0 Å². The molecule has 1 aromatic carbocycles. The van der Waals surface area contributed by atoms with Gasteiger partial charge in [-0.25, -0.2) is 0 Å². The number of nitrogens with one attached hydrogen (secondary N) is 1. The van der Waals surface area contributed by atoms with Gasteiger partial charge < -0.3 is 14.5 Å². The summed E-state index contributed by atoms with van der Waals surface area (Å²) in [4.78, 5) is 0. The van der Waals surface area contributed by atoms with Crippen molar-refractivity contribution in [3.63, 3.8) is 0 Å². The Labute approximate surface area is 109 Å². The van der Waals surface area contributed by atoms with Crippen LogP contribution in [0.5, 0.6) is 5.75 Å². The molecular formula is C13H14BrNO2. The zero-order valence-electron chi connectivity index (χ0n) is 9.57. The summed E-state index contributed by atoms with van der Waals surface area (Å²) in [6.45, 7) is 1.45. The van der Waals surface area contributed by atoms with E-state index in [1.54, 1.807) is 13.4 Å². The third-order valence-electron chi connectivity index (χ3n) is 2.44. The molecule has 4 heteroatoms. The van der Waals surface area contributed by atoms with Crippen molar-refractivity contribution in [1.82, 2.24) is 5.32 Å². The molecule has 0 amide bonds. The molecule has 17 heavy (non-hydrogen) atoms. The second kappa shape index (κ2) is 5.89. The topological polar surface area (TPSA) is 34.4 Å². The lowest BCUT2D eigenvalue weighted by atomic mass is 10.2. The molecule has 0 aliphatic carbocycles. The van der Waals surface area contributed by atoms with E-state index in [9.17, 15) is 0 Å². The van der Waals surface area contributed by atoms with Crippen molar-refractivity contribution in [2.24, 2.45) is 0 Å². The molecule has 0 bridgehead atoms. The van der Waals surface area contributed by atoms with E-state index in [2.05, 4.69) is 21.2 Å². The minimum atomic E-state index is 0.711. The predicted octanol–water partition coefficient (Wildman–Crippen LogP) is 3.34. The van der Waals surface area contributed by atoms with Gasteiger partial charge in [-0.05, 0) is 30.3 Å². The molecule has 1 aromatic heterocycles. The Morgan fingerprint density at radius 1 is 1.29 bits per heavy atom. The maximum atomic E-state index is 5.30. The van der Waals surface area contributed by atoms with Gasteiger partial charge >= 0.3 is 0 Å². The van der Waals surface area contributed by atoms with Gasteiger partial charge in [0.1, 0.15) is 11.5 Å². The van der Waals surface area contributed by atoms with E-state index < -0.39 is 0 Å². The molecule has 0 aliphatic rings. The monoisotopic (exact) mass is 295 g/mol. The highest BCUT2D eigenvalue weighted by Gasteiger charge is 2.03. The fourth-order valence-electron chi connectivity index (χ4n) is 1.62. The van der Waals surface area contributed by atoms with Crippen LogP contribution in [0.3, 0.4) is 0 Å². The first-order valence-corrected chi connectivity index (χ1v) is 6.14. The molecule has 0 aliphatic heterocycles. The Morgan fingerprint density at radius 2 is 2.18 bits per heavy atom. The molecule has 0 saturated carbocycles. The van der Waals surface area contributed by atoms with Gasteiger partial charge in [-0.3, -0.25) is 0 Å². The number of hydrogen-bond donors (Lipinski definition) is 1. The number of halogens is 1. The fourth-order valence-corrected chi connectivity index (χ4v) is 2.03. The normalized spacial score (nSPS) is 10.5. The highest BCUT2D eigenvalue weighted by atomic mass is 79.9. The molecule has 1 heterocycles. The summed E-state index contributed by atoms with van der Waals surface area (Å²) in [5.41, 5.74) is 1.12. The molecule has 0 spiro atoms. The summed E-state index contributed by atoms with van der Waals surface area (Å²) in [5, 5.41) is 3.31. The second-order valence-electron chi connectivity index (χ2n) is 3.64. The van der Waals surface area contributed by atoms with Crippen molar-refractivity contribution in [2.75, 3.05) is 7.11 Å². The molecule has 0 radical (unpaired) electrons. The van der Waals surface area contributed by atoms with Crippen molar-refractivity contribution in [3.8, 4) is 5.75 Å². The van der Waals surface area contributed by atoms with E-state index in [0.29, 0.717) is 6.54 Å². The van der Waals surface area contributed by atoms with Crippen molar-refractivity contribution in [1.29, 1.82) is 0 Å². The van der Waals surface area contributed by atoms with Gasteiger partial charge in [-0.1, -0.05) is 15.9 Å². The average molecular weight is 296 g/mol. The third-order valence-corrected chi connectivity index (χ3v) is 2.93. The van der Waals surface area contributed by atoms with Crippen molar-refractivity contribution < 1.29 is 9.15 Å². The molecule has 1 N–H and O–H groups in total. The van der Waals surface area contributed by atoms with Gasteiger partial charge in [0.2, 0.25) is 0 Å². The largest absolute Gasteiger partial charge is 0.496 e. The van der Waals surface area contributed by atoms with E-state index >= 15 is 0 Å². The maximum absolute atomic E-state index is 5.30. The SMILES string of the molecule is COc1ccc(Br)cc1CNCc1ccco1. The van der Waals surface area contributed by atoms with Crippen LogP contribution < -0.4 is 10.1 Å². The van der Waals surface area contributed by atoms with Crippen LogP contribution in [-0.4, -0.2) is 7.11 Å². The van der Waals surface area contributed by atoms with Crippen LogP contribution in [0.4, 0.5) is 0 Å². The third kappa shape index (κ3) is 3.35. The van der Waals surface area contributed by atoms with Crippen molar-refractivity contribution in [2.45, 2.75) is 13.1 Å². The minimum absolute atomic E-state index is 0.711. The Kier molecular flexibility index (Phi) is 4.23. The summed E-state index contributed by atoms with van der Waals surface area (Å²) < 4.78 is 11.6. The lowest BCUT2D eigenvalue weighted by molar-refractivity contribution is 0.406. The first-order chi connectivity index (χ1) is 8.29. The Bertz CT molecular complexity index is 468. The van der Waals surface area contributed by atoms with E-state index in [1.165, 1.54) is 0 Å². The molecule has 0 unspecified atom stereocenters. The summed E-state index contributed by atoms with van der Waals surface area (Å²) >= 11 is 3.45. The number of benzene rings is 1. The van der Waals surface area contributed by atoms with Gasteiger partial charge in [0.15, 0.2) is 0 Å². The molecule has 90 valence electrons. The van der Waals surface area contributed by atoms with Gasteiger partial charge in [0, 0.05) is 16.6 Å². The molecule has 0 atom stereocenters. The summed E-state index contributed by atoms with van der Waals surface area (Å²) in [7, 11) is 1.68. The van der Waals surface area contributed by atoms with Gasteiger partial charge in [0.25, 0.3) is 0 Å². The van der Waals surface area contributed by atoms with Crippen LogP contribution in [0.25, 0.3) is 0 Å². The minimum Gasteiger partial charge on any atom is -0.496 e. The Morgan fingerprint density at radius 3 is 2.88 bits per heavy atom. The smallest absolute Gasteiger partial charge is 0.123 e. The first kappa shape index (κ1) is 12.2. The van der Waals surface area contributed by atoms with E-state index in [0.717, 1.165) is 28.1 Å². The molecule has 2 rings (SSSR count). The highest BCUT2D eigenvalue weighted by molar-refractivity contribution is 9.10. The molecule has 3 nitrogen and oxygen atoms in total. The number of hydrogen-bond acceptors (Lipinski definition) is 3. The van der Waals surface area contributed by atoms with Gasteiger partial charge in [-0.2, -0.15) is 0 Å². The lowest BCUT2D eigenvalue weighted by Crippen LogP contribution is -2.12. The van der Waals surface area contributed by atoms with E-state index in [-0.39, 0.29) is 0 Å². The summed E-state index contributed by atoms with van der Waals surface area (Å²) in [6.07, 6.45) is 1.68. The van der Waals surface area contributed by atoms with E-state index in [1.807, 2.05) is 30.3 Å². The van der Waals surface area contributed by atoms with Crippen LogP contribution in [-0.2, 0) is 13.1 Å². The Balaban J connectivity index is 1.96. The zero-order chi connectivity index (χ0) is 12.1. The van der Waals surface area contributed by atoms with Crippen LogP contribution in [0.2, 0.25) is 0 Å². The average Bonchev–Trinajstić information content (AvgIpc) is 2.82. The summed E-state index contributed by atoms with van der Waals surface area (Å²) in [5.74, 6) is 1.82. The maximum Gasteiger partial charge on any atom is 0.123 e. The molecule has 2 aromatic rings. The first-order valence-electron chi connectivity index (χ1n) is 5.35. The Hall–Kier alpha value is -1.26. The number of rotatable bonds is 5. The predicted molar refractivity (Wildman–Crippen MR) is 69.9 cm³/mol. The van der Waals surface area contributed by atoms with Crippen molar-refractivity contribution >= 4 is 15.9 Å². The van der Waals surface area contributed by atoms with Gasteiger partial charge in [0.05, 0.1) is 19.9 Å². The summed E-state index contributed by atoms with van der Waals surface area (Å²) in [6, 6.07) is 9.80. The standard InChI is InChI=1S/C13H14BrNO2/c1-16-13-5-4-11(14)7-10(13)8-15-9-12-3-2-6-17-12/h2-7,15H,8-9H2,1H3. The number of furan rings is 1. The fraction of sp³-hybridized carbons (Fsp3) is 0.231. The number of methoxy groups -OCH3 is 1. The van der Waals surface area contributed by atoms with Crippen LogP contribution in [0.1, 0.15) is 11.3 Å².